The highest BCUT2D eigenvalue weighted by molar-refractivity contribution is 7.88. The first-order valence-electron chi connectivity index (χ1n) is 6.81. The van der Waals surface area contributed by atoms with E-state index in [1.165, 1.54) is 25.3 Å². The molecule has 0 saturated heterocycles. The summed E-state index contributed by atoms with van der Waals surface area (Å²) in [6, 6.07) is 4.28. The summed E-state index contributed by atoms with van der Waals surface area (Å²) in [5, 5.41) is 2.73. The molecular weight excluding hydrogens is 344 g/mol. The van der Waals surface area contributed by atoms with E-state index in [4.69, 9.17) is 11.6 Å². The van der Waals surface area contributed by atoms with Crippen LogP contribution in [-0.2, 0) is 19.6 Å². The van der Waals surface area contributed by atoms with Crippen LogP contribution in [0.5, 0.6) is 0 Å². The third kappa shape index (κ3) is 5.81. The van der Waals surface area contributed by atoms with Gasteiger partial charge in [0.25, 0.3) is 0 Å². The summed E-state index contributed by atoms with van der Waals surface area (Å²) in [4.78, 5) is 23.5. The van der Waals surface area contributed by atoms with Crippen LogP contribution in [-0.4, -0.2) is 51.1 Å². The third-order valence-electron chi connectivity index (χ3n) is 2.92. The average Bonchev–Trinajstić information content (AvgIpc) is 2.47. The van der Waals surface area contributed by atoms with Gasteiger partial charge in [-0.3, -0.25) is 4.79 Å². The van der Waals surface area contributed by atoms with E-state index >= 15 is 0 Å². The smallest absolute Gasteiger partial charge is 0.337 e. The van der Waals surface area contributed by atoms with Crippen LogP contribution in [0.4, 0.5) is 5.69 Å². The Kier molecular flexibility index (Phi) is 6.99. The second-order valence-electron chi connectivity index (χ2n) is 4.83. The molecule has 1 N–H and O–H groups in total. The molecule has 0 atom stereocenters. The number of carbonyl (C=O) groups excluding carboxylic acids is 2. The molecule has 0 aliphatic heterocycles. The highest BCUT2D eigenvalue weighted by Crippen LogP contribution is 2.23. The standard InChI is InChI=1S/C14H19ClN2O5S/c1-4-7-17(23(3,20)21)9-13(18)16-12-8-10(14(19)22-2)5-6-11(12)15/h5-6,8H,4,7,9H2,1-3H3,(H,16,18). The van der Waals surface area contributed by atoms with Crippen LogP contribution >= 0.6 is 11.6 Å². The molecule has 0 radical (unpaired) electrons. The number of esters is 1. The molecular formula is C14H19ClN2O5S. The van der Waals surface area contributed by atoms with Gasteiger partial charge in [-0.05, 0) is 24.6 Å². The summed E-state index contributed by atoms with van der Waals surface area (Å²) in [6.07, 6.45) is 1.62. The van der Waals surface area contributed by atoms with Gasteiger partial charge in [0.1, 0.15) is 0 Å². The average molecular weight is 363 g/mol. The largest absolute Gasteiger partial charge is 0.465 e. The van der Waals surface area contributed by atoms with E-state index in [9.17, 15) is 18.0 Å². The van der Waals surface area contributed by atoms with Crippen molar-refractivity contribution in [2.45, 2.75) is 13.3 Å². The van der Waals surface area contributed by atoms with Crippen molar-refractivity contribution in [3.63, 3.8) is 0 Å². The van der Waals surface area contributed by atoms with Crippen LogP contribution in [0.1, 0.15) is 23.7 Å². The number of amides is 1. The number of benzene rings is 1. The SMILES string of the molecule is CCCN(CC(=O)Nc1cc(C(=O)OC)ccc1Cl)S(C)(=O)=O. The second kappa shape index (κ2) is 8.28. The summed E-state index contributed by atoms with van der Waals surface area (Å²) < 4.78 is 28.9. The first-order chi connectivity index (χ1) is 10.7. The highest BCUT2D eigenvalue weighted by atomic mass is 35.5. The number of rotatable bonds is 7. The van der Waals surface area contributed by atoms with Gasteiger partial charge in [0.15, 0.2) is 0 Å². The van der Waals surface area contributed by atoms with E-state index in [1.54, 1.807) is 0 Å². The molecule has 0 spiro atoms. The number of halogens is 1. The van der Waals surface area contributed by atoms with E-state index in [2.05, 4.69) is 10.1 Å². The summed E-state index contributed by atoms with van der Waals surface area (Å²) in [5.41, 5.74) is 0.435. The van der Waals surface area contributed by atoms with Gasteiger partial charge in [0, 0.05) is 6.54 Å². The molecule has 0 heterocycles. The maximum absolute atomic E-state index is 12.1. The molecule has 0 unspecified atom stereocenters. The molecule has 128 valence electrons. The Labute approximate surface area is 140 Å². The molecule has 0 aromatic heterocycles. The fourth-order valence-electron chi connectivity index (χ4n) is 1.83. The Morgan fingerprint density at radius 1 is 1.35 bits per heavy atom. The Morgan fingerprint density at radius 3 is 2.52 bits per heavy atom. The number of methoxy groups -OCH3 is 1. The Balaban J connectivity index is 2.90. The van der Waals surface area contributed by atoms with Crippen LogP contribution in [0.2, 0.25) is 5.02 Å². The molecule has 0 fully saturated rings. The van der Waals surface area contributed by atoms with Crippen molar-refractivity contribution in [2.24, 2.45) is 0 Å². The highest BCUT2D eigenvalue weighted by Gasteiger charge is 2.20. The first kappa shape index (κ1) is 19.4. The lowest BCUT2D eigenvalue weighted by molar-refractivity contribution is -0.116. The normalized spacial score (nSPS) is 11.3. The number of hydrogen-bond acceptors (Lipinski definition) is 5. The minimum Gasteiger partial charge on any atom is -0.465 e. The summed E-state index contributed by atoms with van der Waals surface area (Å²) in [6.45, 7) is 1.72. The summed E-state index contributed by atoms with van der Waals surface area (Å²) >= 11 is 5.98. The Bertz CT molecular complexity index is 690. The molecule has 1 aromatic rings. The van der Waals surface area contributed by atoms with E-state index in [0.717, 1.165) is 10.6 Å². The van der Waals surface area contributed by atoms with Gasteiger partial charge in [-0.2, -0.15) is 4.31 Å². The molecule has 7 nitrogen and oxygen atoms in total. The van der Waals surface area contributed by atoms with Crippen molar-refractivity contribution < 1.29 is 22.7 Å². The lowest BCUT2D eigenvalue weighted by Gasteiger charge is -2.18. The van der Waals surface area contributed by atoms with Crippen molar-refractivity contribution in [3.05, 3.63) is 28.8 Å². The maximum atomic E-state index is 12.1. The maximum Gasteiger partial charge on any atom is 0.337 e. The Hall–Kier alpha value is -1.64. The number of anilines is 1. The quantitative estimate of drug-likeness (QED) is 0.746. The fourth-order valence-corrected chi connectivity index (χ4v) is 2.86. The van der Waals surface area contributed by atoms with E-state index in [0.29, 0.717) is 6.42 Å². The molecule has 0 saturated carbocycles. The van der Waals surface area contributed by atoms with Crippen molar-refractivity contribution in [3.8, 4) is 0 Å². The van der Waals surface area contributed by atoms with Gasteiger partial charge < -0.3 is 10.1 Å². The monoisotopic (exact) mass is 362 g/mol. The molecule has 1 amide bonds. The molecule has 0 bridgehead atoms. The lowest BCUT2D eigenvalue weighted by Crippen LogP contribution is -2.37. The minimum absolute atomic E-state index is 0.213. The van der Waals surface area contributed by atoms with Gasteiger partial charge in [-0.25, -0.2) is 13.2 Å². The molecule has 23 heavy (non-hydrogen) atoms. The minimum atomic E-state index is -3.48. The number of nitrogens with one attached hydrogen (secondary N) is 1. The number of nitrogens with zero attached hydrogens (tertiary/aromatic N) is 1. The molecule has 0 aliphatic rings. The van der Waals surface area contributed by atoms with Crippen molar-refractivity contribution in [1.29, 1.82) is 0 Å². The molecule has 1 aromatic carbocycles. The molecule has 1 rings (SSSR count). The number of hydrogen-bond donors (Lipinski definition) is 1. The number of carbonyl (C=O) groups is 2. The van der Waals surface area contributed by atoms with Gasteiger partial charge in [-0.15, -0.1) is 0 Å². The second-order valence-corrected chi connectivity index (χ2v) is 7.22. The van der Waals surface area contributed by atoms with Crippen LogP contribution < -0.4 is 5.32 Å². The van der Waals surface area contributed by atoms with Gasteiger partial charge >= 0.3 is 5.97 Å². The van der Waals surface area contributed by atoms with E-state index in [-0.39, 0.29) is 29.4 Å². The number of ether oxygens (including phenoxy) is 1. The predicted octanol–water partition coefficient (Wildman–Crippen LogP) is 1.74. The third-order valence-corrected chi connectivity index (χ3v) is 4.50. The topological polar surface area (TPSA) is 92.8 Å². The number of sulfonamides is 1. The van der Waals surface area contributed by atoms with Crippen LogP contribution in [0.3, 0.4) is 0 Å². The van der Waals surface area contributed by atoms with Crippen molar-refractivity contribution in [1.82, 2.24) is 4.31 Å². The van der Waals surface area contributed by atoms with Crippen LogP contribution in [0.15, 0.2) is 18.2 Å². The zero-order chi connectivity index (χ0) is 17.6. The van der Waals surface area contributed by atoms with E-state index < -0.39 is 21.9 Å². The van der Waals surface area contributed by atoms with Crippen molar-refractivity contribution >= 4 is 39.2 Å². The summed E-state index contributed by atoms with van der Waals surface area (Å²) in [7, 11) is -2.24. The molecule has 9 heteroatoms. The zero-order valence-corrected chi connectivity index (χ0v) is 14.7. The Morgan fingerprint density at radius 2 is 2.00 bits per heavy atom. The lowest BCUT2D eigenvalue weighted by atomic mass is 10.2. The zero-order valence-electron chi connectivity index (χ0n) is 13.1. The molecule has 0 aliphatic carbocycles. The van der Waals surface area contributed by atoms with E-state index in [1.807, 2.05) is 6.92 Å². The fraction of sp³-hybridized carbons (Fsp3) is 0.429. The summed E-state index contributed by atoms with van der Waals surface area (Å²) in [5.74, 6) is -1.12. The van der Waals surface area contributed by atoms with Gasteiger partial charge in [0.2, 0.25) is 15.9 Å². The first-order valence-corrected chi connectivity index (χ1v) is 9.04. The van der Waals surface area contributed by atoms with Gasteiger partial charge in [0.05, 0.1) is 36.2 Å². The van der Waals surface area contributed by atoms with Crippen LogP contribution in [0, 0.1) is 0 Å². The predicted molar refractivity (Wildman–Crippen MR) is 88.1 cm³/mol. The van der Waals surface area contributed by atoms with Crippen LogP contribution in [0.25, 0.3) is 0 Å². The van der Waals surface area contributed by atoms with Gasteiger partial charge in [-0.1, -0.05) is 18.5 Å². The van der Waals surface area contributed by atoms with Crippen molar-refractivity contribution in [2.75, 3.05) is 31.8 Å².